The number of amides is 1. The molecule has 1 aromatic carbocycles. The van der Waals surface area contributed by atoms with Gasteiger partial charge in [0.2, 0.25) is 0 Å². The van der Waals surface area contributed by atoms with Crippen molar-refractivity contribution in [3.05, 3.63) is 34.7 Å². The molecule has 0 N–H and O–H groups in total. The van der Waals surface area contributed by atoms with Gasteiger partial charge in [0.25, 0.3) is 5.91 Å². The number of thiocarbonyl (C=S) groups is 1. The largest absolute Gasteiger partial charge is 0.550 e. The smallest absolute Gasteiger partial charge is 0.266 e. The van der Waals surface area contributed by atoms with E-state index in [0.29, 0.717) is 22.2 Å². The normalized spacial score (nSPS) is 16.3. The van der Waals surface area contributed by atoms with Crippen LogP contribution in [0.3, 0.4) is 0 Å². The van der Waals surface area contributed by atoms with Gasteiger partial charge >= 0.3 is 0 Å². The van der Waals surface area contributed by atoms with E-state index in [1.165, 1.54) is 16.7 Å². The van der Waals surface area contributed by atoms with E-state index in [0.717, 1.165) is 11.3 Å². The Morgan fingerprint density at radius 2 is 2.00 bits per heavy atom. The fourth-order valence-corrected chi connectivity index (χ4v) is 3.40. The maximum absolute atomic E-state index is 12.3. The fraction of sp³-hybridized carbons (Fsp3) is 0.312. The summed E-state index contributed by atoms with van der Waals surface area (Å²) in [6.07, 6.45) is 2.05. The monoisotopic (exact) mass is 349 g/mol. The molecule has 0 spiro atoms. The van der Waals surface area contributed by atoms with Crippen LogP contribution in [-0.4, -0.2) is 41.7 Å². The Labute approximate surface area is 145 Å². The van der Waals surface area contributed by atoms with Gasteiger partial charge in [0, 0.05) is 32.3 Å². The third-order valence-corrected chi connectivity index (χ3v) is 4.72. The zero-order chi connectivity index (χ0) is 17.0. The highest BCUT2D eigenvalue weighted by atomic mass is 32.2. The number of hydrogen-bond acceptors (Lipinski definition) is 6. The minimum Gasteiger partial charge on any atom is -0.550 e. The van der Waals surface area contributed by atoms with Gasteiger partial charge in [-0.2, -0.15) is 0 Å². The average molecular weight is 349 g/mol. The molecule has 7 heteroatoms. The number of aliphatic carboxylic acids is 1. The molecule has 23 heavy (non-hydrogen) atoms. The SMILES string of the molecule is CN(C)c1ccc(/C=C2\SC(=S)N(CCCC(=O)[O-])C2=O)cc1. The van der Waals surface area contributed by atoms with Crippen molar-refractivity contribution in [3.8, 4) is 0 Å². The highest BCUT2D eigenvalue weighted by Crippen LogP contribution is 2.32. The van der Waals surface area contributed by atoms with E-state index in [-0.39, 0.29) is 12.3 Å². The maximum atomic E-state index is 12.3. The van der Waals surface area contributed by atoms with Crippen molar-refractivity contribution in [1.82, 2.24) is 4.90 Å². The molecule has 122 valence electrons. The second-order valence-corrected chi connectivity index (χ2v) is 6.97. The van der Waals surface area contributed by atoms with Gasteiger partial charge in [-0.15, -0.1) is 0 Å². The van der Waals surface area contributed by atoms with Gasteiger partial charge in [-0.05, 0) is 36.6 Å². The van der Waals surface area contributed by atoms with Gasteiger partial charge in [0.05, 0.1) is 4.91 Å². The Bertz CT molecular complexity index is 654. The van der Waals surface area contributed by atoms with E-state index in [2.05, 4.69) is 0 Å². The number of nitrogens with zero attached hydrogens (tertiary/aromatic N) is 2. The van der Waals surface area contributed by atoms with Crippen molar-refractivity contribution < 1.29 is 14.7 Å². The molecule has 1 amide bonds. The van der Waals surface area contributed by atoms with Gasteiger partial charge < -0.3 is 14.8 Å². The molecule has 0 atom stereocenters. The number of hydrogen-bond donors (Lipinski definition) is 0. The van der Waals surface area contributed by atoms with E-state index < -0.39 is 5.97 Å². The van der Waals surface area contributed by atoms with Crippen LogP contribution in [0.25, 0.3) is 6.08 Å². The van der Waals surface area contributed by atoms with Crippen LogP contribution in [0, 0.1) is 0 Å². The highest BCUT2D eigenvalue weighted by Gasteiger charge is 2.31. The van der Waals surface area contributed by atoms with Crippen molar-refractivity contribution in [2.24, 2.45) is 0 Å². The Hall–Kier alpha value is -1.86. The van der Waals surface area contributed by atoms with Gasteiger partial charge in [0.15, 0.2) is 0 Å². The predicted octanol–water partition coefficient (Wildman–Crippen LogP) is 1.48. The second kappa shape index (κ2) is 7.61. The Morgan fingerprint density at radius 3 is 2.57 bits per heavy atom. The lowest BCUT2D eigenvalue weighted by Crippen LogP contribution is -2.30. The quantitative estimate of drug-likeness (QED) is 0.573. The number of carboxylic acid groups (broad SMARTS) is 1. The third-order valence-electron chi connectivity index (χ3n) is 3.34. The van der Waals surface area contributed by atoms with Crippen molar-refractivity contribution in [1.29, 1.82) is 0 Å². The van der Waals surface area contributed by atoms with Crippen LogP contribution >= 0.6 is 24.0 Å². The number of carboxylic acids is 1. The topological polar surface area (TPSA) is 63.7 Å². The first-order chi connectivity index (χ1) is 10.9. The molecule has 1 aliphatic heterocycles. The van der Waals surface area contributed by atoms with Crippen molar-refractivity contribution >= 4 is 51.9 Å². The molecule has 0 radical (unpaired) electrons. The molecular weight excluding hydrogens is 332 g/mol. The summed E-state index contributed by atoms with van der Waals surface area (Å²) >= 11 is 6.44. The molecule has 1 heterocycles. The van der Waals surface area contributed by atoms with Crippen LogP contribution in [-0.2, 0) is 9.59 Å². The molecule has 0 aliphatic carbocycles. The van der Waals surface area contributed by atoms with E-state index in [1.54, 1.807) is 6.08 Å². The van der Waals surface area contributed by atoms with Crippen LogP contribution < -0.4 is 10.0 Å². The van der Waals surface area contributed by atoms with Crippen LogP contribution in [0.5, 0.6) is 0 Å². The molecule has 0 unspecified atom stereocenters. The molecule has 0 aromatic heterocycles. The second-order valence-electron chi connectivity index (χ2n) is 5.29. The Balaban J connectivity index is 2.07. The van der Waals surface area contributed by atoms with Gasteiger partial charge in [0.1, 0.15) is 4.32 Å². The standard InChI is InChI=1S/C16H18N2O3S2/c1-17(2)12-7-5-11(6-8-12)10-13-15(21)18(16(22)23-13)9-3-4-14(19)20/h5-8,10H,3-4,9H2,1-2H3,(H,19,20)/p-1/b13-10-. The summed E-state index contributed by atoms with van der Waals surface area (Å²) in [5.74, 6) is -1.29. The number of anilines is 1. The molecule has 1 aliphatic rings. The summed E-state index contributed by atoms with van der Waals surface area (Å²) < 4.78 is 0.463. The average Bonchev–Trinajstić information content (AvgIpc) is 2.75. The van der Waals surface area contributed by atoms with Crippen LogP contribution in [0.15, 0.2) is 29.2 Å². The van der Waals surface area contributed by atoms with Crippen LogP contribution in [0.1, 0.15) is 18.4 Å². The summed E-state index contributed by atoms with van der Waals surface area (Å²) in [4.78, 5) is 26.8. The van der Waals surface area contributed by atoms with Crippen molar-refractivity contribution in [2.45, 2.75) is 12.8 Å². The molecule has 1 aromatic rings. The van der Waals surface area contributed by atoms with Crippen molar-refractivity contribution in [2.75, 3.05) is 25.5 Å². The van der Waals surface area contributed by atoms with Crippen LogP contribution in [0.2, 0.25) is 0 Å². The summed E-state index contributed by atoms with van der Waals surface area (Å²) in [5, 5.41) is 10.4. The summed E-state index contributed by atoms with van der Waals surface area (Å²) in [6, 6.07) is 7.84. The van der Waals surface area contributed by atoms with Gasteiger partial charge in [-0.1, -0.05) is 36.1 Å². The molecule has 2 rings (SSSR count). The maximum Gasteiger partial charge on any atom is 0.266 e. The predicted molar refractivity (Wildman–Crippen MR) is 94.9 cm³/mol. The summed E-state index contributed by atoms with van der Waals surface area (Å²) in [6.45, 7) is 0.301. The minimum atomic E-state index is -1.12. The third kappa shape index (κ3) is 4.56. The van der Waals surface area contributed by atoms with Crippen molar-refractivity contribution in [3.63, 3.8) is 0 Å². The Morgan fingerprint density at radius 1 is 1.35 bits per heavy atom. The number of rotatable bonds is 6. The zero-order valence-electron chi connectivity index (χ0n) is 12.9. The van der Waals surface area contributed by atoms with E-state index in [1.807, 2.05) is 43.3 Å². The lowest BCUT2D eigenvalue weighted by molar-refractivity contribution is -0.305. The summed E-state index contributed by atoms with van der Waals surface area (Å²) in [7, 11) is 3.93. The summed E-state index contributed by atoms with van der Waals surface area (Å²) in [5.41, 5.74) is 2.00. The molecule has 0 bridgehead atoms. The first kappa shape index (κ1) is 17.5. The van der Waals surface area contributed by atoms with E-state index in [4.69, 9.17) is 12.2 Å². The van der Waals surface area contributed by atoms with Gasteiger partial charge in [-0.3, -0.25) is 9.69 Å². The molecule has 1 saturated heterocycles. The lowest BCUT2D eigenvalue weighted by atomic mass is 10.2. The minimum absolute atomic E-state index is 0.0812. The number of thioether (sulfide) groups is 1. The van der Waals surface area contributed by atoms with Gasteiger partial charge in [-0.25, -0.2) is 0 Å². The number of carbonyl (C=O) groups excluding carboxylic acids is 2. The lowest BCUT2D eigenvalue weighted by Gasteiger charge is -2.14. The highest BCUT2D eigenvalue weighted by molar-refractivity contribution is 8.26. The first-order valence-corrected chi connectivity index (χ1v) is 8.33. The van der Waals surface area contributed by atoms with E-state index in [9.17, 15) is 14.7 Å². The molecule has 1 fully saturated rings. The molecule has 5 nitrogen and oxygen atoms in total. The van der Waals surface area contributed by atoms with Crippen LogP contribution in [0.4, 0.5) is 5.69 Å². The van der Waals surface area contributed by atoms with E-state index >= 15 is 0 Å². The molecule has 0 saturated carbocycles. The fourth-order valence-electron chi connectivity index (χ4n) is 2.09. The Kier molecular flexibility index (Phi) is 5.79. The first-order valence-electron chi connectivity index (χ1n) is 7.11. The number of carbonyl (C=O) groups is 2. The zero-order valence-corrected chi connectivity index (χ0v) is 14.6. The number of benzene rings is 1. The molecular formula is C16H17N2O3S2-.